The van der Waals surface area contributed by atoms with Crippen LogP contribution in [0.2, 0.25) is 5.02 Å². The van der Waals surface area contributed by atoms with Crippen LogP contribution in [-0.4, -0.2) is 11.7 Å². The number of benzene rings is 4. The first-order valence-corrected chi connectivity index (χ1v) is 13.2. The molecule has 0 unspecified atom stereocenters. The van der Waals surface area contributed by atoms with Crippen LogP contribution in [0.25, 0.3) is 0 Å². The Kier molecular flexibility index (Phi) is 6.34. The molecule has 38 heavy (non-hydrogen) atoms. The lowest BCUT2D eigenvalue weighted by molar-refractivity contribution is -0.116. The van der Waals surface area contributed by atoms with E-state index in [1.165, 1.54) is 0 Å². The molecule has 1 N–H and O–H groups in total. The van der Waals surface area contributed by atoms with Gasteiger partial charge in [0.15, 0.2) is 5.78 Å². The maximum atomic E-state index is 14.2. The Morgan fingerprint density at radius 3 is 2.34 bits per heavy atom. The smallest absolute Gasteiger partial charge is 0.259 e. The first kappa shape index (κ1) is 24.2. The number of carbonyl (C=O) groups excluding carboxylic acids is 2. The molecule has 0 saturated carbocycles. The monoisotopic (exact) mass is 518 g/mol. The van der Waals surface area contributed by atoms with Crippen molar-refractivity contribution in [3.63, 3.8) is 0 Å². The van der Waals surface area contributed by atoms with Gasteiger partial charge in [0.1, 0.15) is 0 Å². The highest BCUT2D eigenvalue weighted by Crippen LogP contribution is 2.48. The van der Waals surface area contributed by atoms with Gasteiger partial charge in [-0.15, -0.1) is 0 Å². The number of halogens is 1. The number of aryl methyl sites for hydroxylation is 1. The lowest BCUT2D eigenvalue weighted by atomic mass is 9.78. The summed E-state index contributed by atoms with van der Waals surface area (Å²) in [6.45, 7) is 2.03. The fourth-order valence-corrected chi connectivity index (χ4v) is 5.79. The second-order valence-electron chi connectivity index (χ2n) is 9.97. The maximum Gasteiger partial charge on any atom is 0.259 e. The number of para-hydroxylation sites is 2. The highest BCUT2D eigenvalue weighted by atomic mass is 35.5. The molecule has 1 aliphatic heterocycles. The standard InChI is InChI=1S/C33H27ClN2O2/c1-21-14-16-22(17-15-21)32-31-28(19-25(20-30(31)37)24-10-7-11-26(34)18-24)35-27-12-5-6-13-29(27)36(32)33(38)23-8-3-2-4-9-23/h2-18,25,32,35H,19-20H2,1H3/t25-,32-/m0/s1. The highest BCUT2D eigenvalue weighted by molar-refractivity contribution is 6.30. The Balaban J connectivity index is 1.56. The number of nitrogens with zero attached hydrogens (tertiary/aromatic N) is 1. The van der Waals surface area contributed by atoms with E-state index in [0.717, 1.165) is 33.8 Å². The van der Waals surface area contributed by atoms with Crippen molar-refractivity contribution < 1.29 is 9.59 Å². The van der Waals surface area contributed by atoms with Crippen LogP contribution in [0.15, 0.2) is 114 Å². The summed E-state index contributed by atoms with van der Waals surface area (Å²) in [5.41, 5.74) is 6.68. The first-order valence-electron chi connectivity index (χ1n) is 12.8. The van der Waals surface area contributed by atoms with E-state index < -0.39 is 6.04 Å². The molecular weight excluding hydrogens is 492 g/mol. The molecule has 6 rings (SSSR count). The third kappa shape index (κ3) is 4.42. The summed E-state index contributed by atoms with van der Waals surface area (Å²) in [6, 6.07) is 32.4. The van der Waals surface area contributed by atoms with Crippen molar-refractivity contribution >= 4 is 34.7 Å². The van der Waals surface area contributed by atoms with E-state index in [1.54, 1.807) is 4.90 Å². The van der Waals surface area contributed by atoms with Gasteiger partial charge in [-0.05, 0) is 66.8 Å². The van der Waals surface area contributed by atoms with Gasteiger partial charge >= 0.3 is 0 Å². The number of carbonyl (C=O) groups is 2. The molecule has 0 fully saturated rings. The van der Waals surface area contributed by atoms with Gasteiger partial charge in [-0.25, -0.2) is 0 Å². The zero-order valence-corrected chi connectivity index (χ0v) is 21.8. The van der Waals surface area contributed by atoms with Gasteiger partial charge in [0.25, 0.3) is 5.91 Å². The lowest BCUT2D eigenvalue weighted by Crippen LogP contribution is -2.38. The van der Waals surface area contributed by atoms with Gasteiger partial charge in [0, 0.05) is 28.3 Å². The third-order valence-electron chi connectivity index (χ3n) is 7.44. The molecule has 1 amide bonds. The number of anilines is 2. The summed E-state index contributed by atoms with van der Waals surface area (Å²) < 4.78 is 0. The van der Waals surface area contributed by atoms with E-state index >= 15 is 0 Å². The van der Waals surface area contributed by atoms with Crippen LogP contribution >= 0.6 is 11.6 Å². The number of nitrogens with one attached hydrogen (secondary N) is 1. The van der Waals surface area contributed by atoms with Crippen molar-refractivity contribution in [3.8, 4) is 0 Å². The minimum Gasteiger partial charge on any atom is -0.357 e. The molecule has 1 heterocycles. The van der Waals surface area contributed by atoms with Gasteiger partial charge in [-0.1, -0.05) is 83.9 Å². The SMILES string of the molecule is Cc1ccc([C@H]2C3=C(C[C@H](c4cccc(Cl)c4)CC3=O)Nc3ccccc3N2C(=O)c2ccccc2)cc1. The van der Waals surface area contributed by atoms with Crippen molar-refractivity contribution in [3.05, 3.63) is 142 Å². The molecule has 0 spiro atoms. The lowest BCUT2D eigenvalue weighted by Gasteiger charge is -2.35. The largest absolute Gasteiger partial charge is 0.357 e. The minimum absolute atomic E-state index is 0.00495. The molecule has 4 aromatic rings. The number of hydrogen-bond acceptors (Lipinski definition) is 3. The molecule has 0 aromatic heterocycles. The topological polar surface area (TPSA) is 49.4 Å². The Labute approximate surface area is 227 Å². The predicted octanol–water partition coefficient (Wildman–Crippen LogP) is 7.86. The normalized spacial score (nSPS) is 18.8. The predicted molar refractivity (Wildman–Crippen MR) is 153 cm³/mol. The van der Waals surface area contributed by atoms with Crippen LogP contribution in [0, 0.1) is 6.92 Å². The molecule has 4 aromatic carbocycles. The average Bonchev–Trinajstić information content (AvgIpc) is 3.08. The zero-order valence-electron chi connectivity index (χ0n) is 21.0. The average molecular weight is 519 g/mol. The second-order valence-corrected chi connectivity index (χ2v) is 10.4. The van der Waals surface area contributed by atoms with E-state index in [0.29, 0.717) is 29.0 Å². The van der Waals surface area contributed by atoms with Crippen LogP contribution in [0.4, 0.5) is 11.4 Å². The van der Waals surface area contributed by atoms with Crippen LogP contribution < -0.4 is 10.2 Å². The highest BCUT2D eigenvalue weighted by Gasteiger charge is 2.41. The Morgan fingerprint density at radius 2 is 1.58 bits per heavy atom. The van der Waals surface area contributed by atoms with Crippen molar-refractivity contribution in [1.29, 1.82) is 0 Å². The van der Waals surface area contributed by atoms with Crippen molar-refractivity contribution in [2.75, 3.05) is 10.2 Å². The molecule has 4 nitrogen and oxygen atoms in total. The molecule has 2 atom stereocenters. The van der Waals surface area contributed by atoms with Gasteiger partial charge in [0.05, 0.1) is 17.4 Å². The molecule has 0 bridgehead atoms. The van der Waals surface area contributed by atoms with Gasteiger partial charge < -0.3 is 5.32 Å². The van der Waals surface area contributed by atoms with Crippen molar-refractivity contribution in [2.45, 2.75) is 31.7 Å². The zero-order chi connectivity index (χ0) is 26.2. The Morgan fingerprint density at radius 1 is 0.842 bits per heavy atom. The summed E-state index contributed by atoms with van der Waals surface area (Å²) in [4.78, 5) is 30.1. The van der Waals surface area contributed by atoms with Crippen molar-refractivity contribution in [2.24, 2.45) is 0 Å². The van der Waals surface area contributed by atoms with Gasteiger partial charge in [0.2, 0.25) is 0 Å². The molecule has 5 heteroatoms. The number of amides is 1. The molecule has 188 valence electrons. The summed E-state index contributed by atoms with van der Waals surface area (Å²) in [6.07, 6.45) is 0.998. The third-order valence-corrected chi connectivity index (χ3v) is 7.68. The Hall–Kier alpha value is -4.15. The van der Waals surface area contributed by atoms with Crippen LogP contribution in [-0.2, 0) is 4.79 Å². The summed E-state index contributed by atoms with van der Waals surface area (Å²) in [5, 5.41) is 4.24. The molecule has 0 radical (unpaired) electrons. The van der Waals surface area contributed by atoms with E-state index in [-0.39, 0.29) is 17.6 Å². The van der Waals surface area contributed by atoms with Crippen molar-refractivity contribution in [1.82, 2.24) is 0 Å². The number of Topliss-reactive ketones (excluding diaryl/α,β-unsaturated/α-hetero) is 1. The van der Waals surface area contributed by atoms with Crippen LogP contribution in [0.3, 0.4) is 0 Å². The number of ketones is 1. The number of allylic oxidation sites excluding steroid dienone is 1. The number of fused-ring (bicyclic) bond motifs is 1. The number of rotatable bonds is 3. The fourth-order valence-electron chi connectivity index (χ4n) is 5.59. The Bertz CT molecular complexity index is 1560. The molecular formula is C33H27ClN2O2. The van der Waals surface area contributed by atoms with E-state index in [4.69, 9.17) is 11.6 Å². The molecule has 2 aliphatic rings. The van der Waals surface area contributed by atoms with Gasteiger partial charge in [-0.2, -0.15) is 0 Å². The molecule has 0 saturated heterocycles. The summed E-state index contributed by atoms with van der Waals surface area (Å²) in [5.74, 6) is -0.119. The summed E-state index contributed by atoms with van der Waals surface area (Å²) >= 11 is 6.30. The fraction of sp³-hybridized carbons (Fsp3) is 0.152. The first-order chi connectivity index (χ1) is 18.5. The van der Waals surface area contributed by atoms with Gasteiger partial charge in [-0.3, -0.25) is 14.5 Å². The summed E-state index contributed by atoms with van der Waals surface area (Å²) in [7, 11) is 0. The maximum absolute atomic E-state index is 14.2. The quantitative estimate of drug-likeness (QED) is 0.300. The van der Waals surface area contributed by atoms with Crippen LogP contribution in [0.5, 0.6) is 0 Å². The van der Waals surface area contributed by atoms with Crippen LogP contribution in [0.1, 0.15) is 51.8 Å². The number of hydrogen-bond donors (Lipinski definition) is 1. The molecule has 1 aliphatic carbocycles. The van der Waals surface area contributed by atoms with E-state index in [9.17, 15) is 9.59 Å². The van der Waals surface area contributed by atoms with E-state index in [1.807, 2.05) is 110 Å². The second kappa shape index (κ2) is 9.96. The minimum atomic E-state index is -0.567. The van der Waals surface area contributed by atoms with E-state index in [2.05, 4.69) is 5.32 Å².